The van der Waals surface area contributed by atoms with Gasteiger partial charge in [0.2, 0.25) is 0 Å². The van der Waals surface area contributed by atoms with E-state index in [-0.39, 0.29) is 11.3 Å². The van der Waals surface area contributed by atoms with E-state index in [1.807, 2.05) is 6.92 Å². The Morgan fingerprint density at radius 2 is 2.30 bits per heavy atom. The van der Waals surface area contributed by atoms with Crippen molar-refractivity contribution in [3.63, 3.8) is 0 Å². The van der Waals surface area contributed by atoms with Crippen LogP contribution in [-0.4, -0.2) is 27.6 Å². The van der Waals surface area contributed by atoms with Gasteiger partial charge in [-0.15, -0.1) is 0 Å². The van der Waals surface area contributed by atoms with E-state index in [0.29, 0.717) is 17.9 Å². The second kappa shape index (κ2) is 5.83. The number of rotatable bonds is 5. The maximum absolute atomic E-state index is 12.2. The molecular formula is C12H13N5O3. The van der Waals surface area contributed by atoms with Crippen molar-refractivity contribution in [2.24, 2.45) is 0 Å². The van der Waals surface area contributed by atoms with E-state index in [4.69, 9.17) is 0 Å². The van der Waals surface area contributed by atoms with E-state index < -0.39 is 10.8 Å². The molecule has 0 fully saturated rings. The number of aromatic nitrogens is 2. The monoisotopic (exact) mass is 275 g/mol. The van der Waals surface area contributed by atoms with Gasteiger partial charge in [-0.3, -0.25) is 20.0 Å². The normalized spacial score (nSPS) is 10.1. The lowest BCUT2D eigenvalue weighted by Crippen LogP contribution is -2.15. The molecule has 8 nitrogen and oxygen atoms in total. The molecule has 0 aliphatic carbocycles. The first-order chi connectivity index (χ1) is 9.61. The number of nitrogens with zero attached hydrogens (tertiary/aromatic N) is 2. The van der Waals surface area contributed by atoms with Gasteiger partial charge in [0, 0.05) is 30.6 Å². The number of aromatic amines is 1. The average Bonchev–Trinajstić information content (AvgIpc) is 2.92. The van der Waals surface area contributed by atoms with Crippen molar-refractivity contribution in [2.75, 3.05) is 17.2 Å². The lowest BCUT2D eigenvalue weighted by molar-refractivity contribution is -0.384. The maximum atomic E-state index is 12.2. The number of nitro benzene ring substituents is 1. The van der Waals surface area contributed by atoms with Crippen molar-refractivity contribution in [1.82, 2.24) is 10.2 Å². The summed E-state index contributed by atoms with van der Waals surface area (Å²) in [5, 5.41) is 22.7. The largest absolute Gasteiger partial charge is 0.385 e. The zero-order valence-electron chi connectivity index (χ0n) is 10.7. The molecule has 0 spiro atoms. The van der Waals surface area contributed by atoms with E-state index in [1.54, 1.807) is 0 Å². The van der Waals surface area contributed by atoms with Crippen molar-refractivity contribution in [3.05, 3.63) is 46.3 Å². The van der Waals surface area contributed by atoms with E-state index in [1.165, 1.54) is 30.6 Å². The molecule has 0 saturated heterocycles. The third kappa shape index (κ3) is 2.91. The SMILES string of the molecule is CCNc1ccc([N+](=O)[O-])cc1C(=O)Nc1cn[nH]c1. The second-order valence-electron chi connectivity index (χ2n) is 3.96. The Balaban J connectivity index is 2.33. The molecule has 0 radical (unpaired) electrons. The van der Waals surface area contributed by atoms with Gasteiger partial charge in [0.1, 0.15) is 0 Å². The zero-order valence-corrected chi connectivity index (χ0v) is 10.7. The van der Waals surface area contributed by atoms with Crippen LogP contribution >= 0.6 is 0 Å². The van der Waals surface area contributed by atoms with Crippen LogP contribution in [-0.2, 0) is 0 Å². The molecule has 8 heteroatoms. The standard InChI is InChI=1S/C12H13N5O3/c1-2-13-11-4-3-9(17(19)20)5-10(11)12(18)16-8-6-14-15-7-8/h3-7,13H,2H2,1H3,(H,14,15)(H,16,18). The van der Waals surface area contributed by atoms with E-state index in [0.717, 1.165) is 0 Å². The van der Waals surface area contributed by atoms with Crippen molar-refractivity contribution in [3.8, 4) is 0 Å². The Kier molecular flexibility index (Phi) is 3.94. The van der Waals surface area contributed by atoms with Crippen LogP contribution in [0.15, 0.2) is 30.6 Å². The Labute approximate surface area is 114 Å². The number of benzene rings is 1. The average molecular weight is 275 g/mol. The Bertz CT molecular complexity index is 624. The zero-order chi connectivity index (χ0) is 14.5. The summed E-state index contributed by atoms with van der Waals surface area (Å²) in [6.45, 7) is 2.48. The van der Waals surface area contributed by atoms with Gasteiger partial charge in [-0.05, 0) is 13.0 Å². The fourth-order valence-electron chi connectivity index (χ4n) is 1.70. The second-order valence-corrected chi connectivity index (χ2v) is 3.96. The molecule has 3 N–H and O–H groups in total. The summed E-state index contributed by atoms with van der Waals surface area (Å²) < 4.78 is 0. The Morgan fingerprint density at radius 1 is 1.50 bits per heavy atom. The lowest BCUT2D eigenvalue weighted by Gasteiger charge is -2.10. The molecule has 0 saturated carbocycles. The van der Waals surface area contributed by atoms with Crippen molar-refractivity contribution in [2.45, 2.75) is 6.92 Å². The van der Waals surface area contributed by atoms with Gasteiger partial charge < -0.3 is 10.6 Å². The minimum Gasteiger partial charge on any atom is -0.385 e. The molecule has 0 aliphatic rings. The predicted octanol–water partition coefficient (Wildman–Crippen LogP) is 2.00. The van der Waals surface area contributed by atoms with Gasteiger partial charge in [-0.1, -0.05) is 0 Å². The molecule has 0 aliphatic heterocycles. The first-order valence-corrected chi connectivity index (χ1v) is 5.94. The number of nitro groups is 1. The van der Waals surface area contributed by atoms with Crippen molar-refractivity contribution < 1.29 is 9.72 Å². The quantitative estimate of drug-likeness (QED) is 0.570. The van der Waals surface area contributed by atoms with Crippen LogP contribution in [0, 0.1) is 10.1 Å². The molecule has 1 aromatic carbocycles. The number of H-pyrrole nitrogens is 1. The predicted molar refractivity (Wildman–Crippen MR) is 73.8 cm³/mol. The van der Waals surface area contributed by atoms with Crippen LogP contribution in [0.3, 0.4) is 0 Å². The number of hydrogen-bond donors (Lipinski definition) is 3. The Hall–Kier alpha value is -2.90. The third-order valence-corrected chi connectivity index (χ3v) is 2.58. The van der Waals surface area contributed by atoms with Gasteiger partial charge in [0.15, 0.2) is 0 Å². The molecule has 0 unspecified atom stereocenters. The maximum Gasteiger partial charge on any atom is 0.270 e. The summed E-state index contributed by atoms with van der Waals surface area (Å²) in [6, 6.07) is 4.12. The highest BCUT2D eigenvalue weighted by molar-refractivity contribution is 6.08. The topological polar surface area (TPSA) is 113 Å². The fourth-order valence-corrected chi connectivity index (χ4v) is 1.70. The number of carbonyl (C=O) groups is 1. The molecule has 0 atom stereocenters. The fraction of sp³-hybridized carbons (Fsp3) is 0.167. The van der Waals surface area contributed by atoms with Crippen LogP contribution in [0.25, 0.3) is 0 Å². The van der Waals surface area contributed by atoms with E-state index >= 15 is 0 Å². The number of anilines is 2. The van der Waals surface area contributed by atoms with E-state index in [9.17, 15) is 14.9 Å². The van der Waals surface area contributed by atoms with Gasteiger partial charge >= 0.3 is 0 Å². The molecule has 1 amide bonds. The smallest absolute Gasteiger partial charge is 0.270 e. The molecular weight excluding hydrogens is 262 g/mol. The molecule has 0 bridgehead atoms. The Morgan fingerprint density at radius 3 is 2.90 bits per heavy atom. The first kappa shape index (κ1) is 13.5. The van der Waals surface area contributed by atoms with Crippen LogP contribution in [0.5, 0.6) is 0 Å². The minimum absolute atomic E-state index is 0.135. The van der Waals surface area contributed by atoms with Crippen LogP contribution < -0.4 is 10.6 Å². The van der Waals surface area contributed by atoms with E-state index in [2.05, 4.69) is 20.8 Å². The summed E-state index contributed by atoms with van der Waals surface area (Å²) in [5.41, 5.74) is 1.11. The lowest BCUT2D eigenvalue weighted by atomic mass is 10.1. The van der Waals surface area contributed by atoms with Crippen LogP contribution in [0.4, 0.5) is 17.1 Å². The number of amides is 1. The molecule has 2 aromatic rings. The number of nitrogens with one attached hydrogen (secondary N) is 3. The highest BCUT2D eigenvalue weighted by Gasteiger charge is 2.16. The highest BCUT2D eigenvalue weighted by atomic mass is 16.6. The van der Waals surface area contributed by atoms with Gasteiger partial charge in [-0.25, -0.2) is 0 Å². The molecule has 2 rings (SSSR count). The highest BCUT2D eigenvalue weighted by Crippen LogP contribution is 2.23. The summed E-state index contributed by atoms with van der Waals surface area (Å²) in [4.78, 5) is 22.4. The first-order valence-electron chi connectivity index (χ1n) is 5.94. The summed E-state index contributed by atoms with van der Waals surface area (Å²) in [6.07, 6.45) is 2.96. The van der Waals surface area contributed by atoms with Gasteiger partial charge in [-0.2, -0.15) is 5.10 Å². The van der Waals surface area contributed by atoms with Crippen LogP contribution in [0.2, 0.25) is 0 Å². The van der Waals surface area contributed by atoms with Crippen molar-refractivity contribution >= 4 is 23.0 Å². The molecule has 1 aromatic heterocycles. The van der Waals surface area contributed by atoms with Gasteiger partial charge in [0.05, 0.1) is 22.4 Å². The molecule has 20 heavy (non-hydrogen) atoms. The molecule has 104 valence electrons. The summed E-state index contributed by atoms with van der Waals surface area (Å²) >= 11 is 0. The third-order valence-electron chi connectivity index (χ3n) is 2.58. The number of non-ortho nitro benzene ring substituents is 1. The number of carbonyl (C=O) groups excluding carboxylic acids is 1. The van der Waals surface area contributed by atoms with Crippen LogP contribution in [0.1, 0.15) is 17.3 Å². The summed E-state index contributed by atoms with van der Waals surface area (Å²) in [7, 11) is 0. The van der Waals surface area contributed by atoms with Gasteiger partial charge in [0.25, 0.3) is 11.6 Å². The van der Waals surface area contributed by atoms with Crippen molar-refractivity contribution in [1.29, 1.82) is 0 Å². The minimum atomic E-state index is -0.537. The number of hydrogen-bond acceptors (Lipinski definition) is 5. The summed E-state index contributed by atoms with van der Waals surface area (Å²) in [5.74, 6) is -0.439. The molecule has 1 heterocycles.